The summed E-state index contributed by atoms with van der Waals surface area (Å²) < 4.78 is 94.5. The van der Waals surface area contributed by atoms with Crippen molar-refractivity contribution in [3.05, 3.63) is 251 Å². The predicted molar refractivity (Wildman–Crippen MR) is 363 cm³/mol. The number of hydrogen-bond acceptors (Lipinski definition) is 20. The van der Waals surface area contributed by atoms with E-state index in [1.165, 1.54) is 0 Å². The fourth-order valence-corrected chi connectivity index (χ4v) is 13.1. The van der Waals surface area contributed by atoms with Gasteiger partial charge >= 0.3 is 35.8 Å². The third-order valence-corrected chi connectivity index (χ3v) is 19.5. The summed E-state index contributed by atoms with van der Waals surface area (Å²) >= 11 is 0. The topological polar surface area (TPSA) is 232 Å². The Morgan fingerprint density at radius 1 is 0.290 bits per heavy atom. The fourth-order valence-electron chi connectivity index (χ4n) is 13.1. The number of ether oxygens (including phenoxy) is 14. The molecule has 20 heteroatoms. The Morgan fingerprint density at radius 2 is 0.560 bits per heavy atom. The zero-order valence-corrected chi connectivity index (χ0v) is 57.0. The summed E-state index contributed by atoms with van der Waals surface area (Å²) in [4.78, 5) is 86.0. The minimum absolute atomic E-state index is 0.1000. The zero-order chi connectivity index (χ0) is 70.2. The lowest BCUT2D eigenvalue weighted by Gasteiger charge is -2.51. The Balaban J connectivity index is 1.02. The van der Waals surface area contributed by atoms with Gasteiger partial charge in [0.1, 0.15) is 50.3 Å². The molecule has 20 nitrogen and oxygen atoms in total. The largest absolute Gasteiger partial charge is 0.459 e. The molecule has 4 saturated heterocycles. The molecule has 4 aliphatic heterocycles. The first-order valence-corrected chi connectivity index (χ1v) is 34.2. The number of benzene rings is 7. The fraction of sp³-hybridized carbons (Fsp3) is 0.400. The van der Waals surface area contributed by atoms with Crippen molar-refractivity contribution in [3.63, 3.8) is 0 Å². The van der Waals surface area contributed by atoms with Crippen molar-refractivity contribution in [2.24, 2.45) is 35.5 Å². The van der Waals surface area contributed by atoms with E-state index in [-0.39, 0.29) is 65.6 Å². The van der Waals surface area contributed by atoms with Crippen LogP contribution < -0.4 is 0 Å². The molecule has 7 aromatic carbocycles. The first kappa shape index (κ1) is 72.3. The quantitative estimate of drug-likeness (QED) is 0.0382. The number of carbonyl (C=O) groups excluding carboxylic acids is 6. The summed E-state index contributed by atoms with van der Waals surface area (Å²) in [7, 11) is 0. The summed E-state index contributed by atoms with van der Waals surface area (Å²) in [5.41, 5.74) is 2.25. The summed E-state index contributed by atoms with van der Waals surface area (Å²) in [6, 6.07) is 59.9. The van der Waals surface area contributed by atoms with Crippen LogP contribution in [0.3, 0.4) is 0 Å². The standard InChI is InChI=1S/C80H86O20/c1-8-61-48(2)50(4)67(77(91-61)90-44-54-30-16-9-17-31-54)100-80-70(97-76(86)60-42-28-15-29-43-60)66(53(7)64(94-80)47-89-73(83)57-36-22-12-23-37-57)99-79-69(96-75(85)59-40-26-14-27-41-59)65(52(6)63(93-79)46-88-72(82)56-34-20-11-21-35-56)98-78-68(95-74(84)58-38-24-13-25-39-58)51(5)49(3)62(92-78)45-87-71(81)55-32-18-10-19-33-55/h9-43,48-53,61-70,77-80H,8,44-47H2,1-7H3/t48-,49-,50-,51-,52+,53+,61?,62?,63?,64?,65-,66-,67?,68?,69?,70?,77-,78+,79+,80+/m0/s1. The van der Waals surface area contributed by atoms with Crippen molar-refractivity contribution in [3.8, 4) is 0 Å². The van der Waals surface area contributed by atoms with Crippen LogP contribution in [0.5, 0.6) is 0 Å². The molecule has 0 radical (unpaired) electrons. The van der Waals surface area contributed by atoms with Crippen molar-refractivity contribution < 1.29 is 95.1 Å². The van der Waals surface area contributed by atoms with Crippen LogP contribution in [0.2, 0.25) is 0 Å². The van der Waals surface area contributed by atoms with Crippen LogP contribution >= 0.6 is 0 Å². The van der Waals surface area contributed by atoms with Crippen LogP contribution in [0.4, 0.5) is 0 Å². The molecular formula is C80H86O20. The predicted octanol–water partition coefficient (Wildman–Crippen LogP) is 12.7. The lowest BCUT2D eigenvalue weighted by Crippen LogP contribution is -2.65. The van der Waals surface area contributed by atoms with Gasteiger partial charge in [-0.1, -0.05) is 188 Å². The summed E-state index contributed by atoms with van der Waals surface area (Å²) in [5.74, 6) is -7.52. The number of esters is 6. The molecule has 4 aliphatic rings. The van der Waals surface area contributed by atoms with Gasteiger partial charge in [0.05, 0.1) is 52.2 Å². The second kappa shape index (κ2) is 34.4. The molecule has 526 valence electrons. The highest BCUT2D eigenvalue weighted by molar-refractivity contribution is 5.92. The Kier molecular flexibility index (Phi) is 24.9. The zero-order valence-electron chi connectivity index (χ0n) is 57.0. The van der Waals surface area contributed by atoms with E-state index in [1.807, 2.05) is 58.0 Å². The monoisotopic (exact) mass is 1370 g/mol. The van der Waals surface area contributed by atoms with Crippen molar-refractivity contribution in [1.29, 1.82) is 0 Å². The van der Waals surface area contributed by atoms with Gasteiger partial charge in [-0.3, -0.25) is 0 Å². The molecule has 0 amide bonds. The van der Waals surface area contributed by atoms with Gasteiger partial charge in [0, 0.05) is 17.8 Å². The third-order valence-electron chi connectivity index (χ3n) is 19.5. The van der Waals surface area contributed by atoms with E-state index in [9.17, 15) is 24.0 Å². The average Bonchev–Trinajstić information content (AvgIpc) is 0.764. The number of rotatable bonds is 25. The van der Waals surface area contributed by atoms with E-state index in [0.717, 1.165) is 5.56 Å². The molecule has 100 heavy (non-hydrogen) atoms. The van der Waals surface area contributed by atoms with Gasteiger partial charge in [-0.05, 0) is 103 Å². The molecule has 0 aliphatic carbocycles. The Labute approximate surface area is 582 Å². The van der Waals surface area contributed by atoms with E-state index < -0.39 is 146 Å². The number of hydrogen-bond donors (Lipinski definition) is 0. The van der Waals surface area contributed by atoms with Gasteiger partial charge in [0.25, 0.3) is 0 Å². The minimum atomic E-state index is -1.76. The normalized spacial score (nSPS) is 29.6. The van der Waals surface area contributed by atoms with Crippen molar-refractivity contribution in [2.75, 3.05) is 19.8 Å². The van der Waals surface area contributed by atoms with Gasteiger partial charge in [0.15, 0.2) is 43.5 Å². The summed E-state index contributed by atoms with van der Waals surface area (Å²) in [6.07, 6.45) is -16.6. The second-order valence-corrected chi connectivity index (χ2v) is 25.9. The molecular weight excluding hydrogens is 1280 g/mol. The highest BCUT2D eigenvalue weighted by atomic mass is 16.8. The van der Waals surface area contributed by atoms with Crippen LogP contribution in [-0.4, -0.2) is 142 Å². The first-order valence-electron chi connectivity index (χ1n) is 34.2. The highest BCUT2D eigenvalue weighted by Crippen LogP contribution is 2.43. The molecule has 4 fully saturated rings. The Bertz CT molecular complexity index is 3760. The van der Waals surface area contributed by atoms with Crippen LogP contribution in [0.15, 0.2) is 212 Å². The maximum atomic E-state index is 15.0. The molecule has 4 heterocycles. The van der Waals surface area contributed by atoms with Gasteiger partial charge < -0.3 is 66.3 Å². The highest BCUT2D eigenvalue weighted by Gasteiger charge is 2.57. The SMILES string of the molecule is CCC1O[C@H](OCc2ccccc2)C(O[C@H]2OC(COC(=O)c3ccccc3)[C@@H](C)[C@H](O[C@H]3OC(COC(=O)c4ccccc4)[C@@H](C)[C@H](O[C@H]4OC(COC(=O)c5ccccc5)[C@@H](C)[C@H](C)C4OC(=O)c4ccccc4)C3OC(=O)c3ccccc3)C2OC(=O)c2ccccc2)[C@@H](C)[C@@H]1C. The Hall–Kier alpha value is -8.96. The lowest BCUT2D eigenvalue weighted by atomic mass is 9.82. The van der Waals surface area contributed by atoms with Crippen molar-refractivity contribution in [1.82, 2.24) is 0 Å². The van der Waals surface area contributed by atoms with Crippen molar-refractivity contribution in [2.45, 2.75) is 148 Å². The lowest BCUT2D eigenvalue weighted by molar-refractivity contribution is -0.379. The average molecular weight is 1370 g/mol. The van der Waals surface area contributed by atoms with Gasteiger partial charge in [0.2, 0.25) is 0 Å². The molecule has 0 N–H and O–H groups in total. The van der Waals surface area contributed by atoms with E-state index in [4.69, 9.17) is 66.3 Å². The van der Waals surface area contributed by atoms with Crippen LogP contribution in [0.1, 0.15) is 123 Å². The maximum Gasteiger partial charge on any atom is 0.338 e. The Morgan fingerprint density at radius 3 is 0.910 bits per heavy atom. The molecule has 0 saturated carbocycles. The second-order valence-electron chi connectivity index (χ2n) is 25.9. The smallest absolute Gasteiger partial charge is 0.338 e. The molecule has 20 atom stereocenters. The van der Waals surface area contributed by atoms with Crippen LogP contribution in [0, 0.1) is 35.5 Å². The van der Waals surface area contributed by atoms with E-state index in [0.29, 0.717) is 12.0 Å². The first-order chi connectivity index (χ1) is 48.5. The van der Waals surface area contributed by atoms with Gasteiger partial charge in [-0.25, -0.2) is 28.8 Å². The summed E-state index contributed by atoms with van der Waals surface area (Å²) in [6.45, 7) is 12.5. The van der Waals surface area contributed by atoms with E-state index in [1.54, 1.807) is 196 Å². The molecule has 0 spiro atoms. The molecule has 0 aromatic heterocycles. The third kappa shape index (κ3) is 17.8. The van der Waals surface area contributed by atoms with Gasteiger partial charge in [-0.2, -0.15) is 0 Å². The number of carbonyl (C=O) groups is 6. The van der Waals surface area contributed by atoms with Crippen LogP contribution in [-0.2, 0) is 72.9 Å². The van der Waals surface area contributed by atoms with Crippen LogP contribution in [0.25, 0.3) is 0 Å². The maximum absolute atomic E-state index is 15.0. The molecule has 11 rings (SSSR count). The molecule has 7 aromatic rings. The van der Waals surface area contributed by atoms with Gasteiger partial charge in [-0.15, -0.1) is 0 Å². The molecule has 8 unspecified atom stereocenters. The minimum Gasteiger partial charge on any atom is -0.459 e. The van der Waals surface area contributed by atoms with E-state index in [2.05, 4.69) is 6.92 Å². The van der Waals surface area contributed by atoms with Crippen molar-refractivity contribution >= 4 is 35.8 Å². The molecule has 0 bridgehead atoms. The van der Waals surface area contributed by atoms with E-state index >= 15 is 4.79 Å². The summed E-state index contributed by atoms with van der Waals surface area (Å²) in [5, 5.41) is 0.